The van der Waals surface area contributed by atoms with Crippen LogP contribution in [0.5, 0.6) is 5.75 Å². The number of ether oxygens (including phenoxy) is 1. The zero-order chi connectivity index (χ0) is 18.0. The topological polar surface area (TPSA) is 56.1 Å². The van der Waals surface area contributed by atoms with E-state index in [1.807, 2.05) is 31.2 Å². The van der Waals surface area contributed by atoms with Gasteiger partial charge in [0, 0.05) is 17.7 Å². The van der Waals surface area contributed by atoms with Crippen LogP contribution < -0.4 is 10.1 Å². The van der Waals surface area contributed by atoms with E-state index < -0.39 is 11.6 Å². The summed E-state index contributed by atoms with van der Waals surface area (Å²) >= 11 is 0. The third-order valence-electron chi connectivity index (χ3n) is 3.96. The molecule has 0 unspecified atom stereocenters. The molecule has 0 radical (unpaired) electrons. The number of imidazole rings is 1. The van der Waals surface area contributed by atoms with Gasteiger partial charge in [-0.3, -0.25) is 4.79 Å². The molecule has 3 aromatic rings. The van der Waals surface area contributed by atoms with Gasteiger partial charge in [0.05, 0.1) is 30.5 Å². The highest BCUT2D eigenvalue weighted by atomic mass is 19.2. The molecule has 3 rings (SSSR count). The lowest BCUT2D eigenvalue weighted by Crippen LogP contribution is -2.30. The lowest BCUT2D eigenvalue weighted by Gasteiger charge is -2.17. The van der Waals surface area contributed by atoms with Gasteiger partial charge in [0.15, 0.2) is 11.6 Å². The molecular weight excluding hydrogens is 328 g/mol. The number of carbonyl (C=O) groups excluding carboxylic acids is 1. The highest BCUT2D eigenvalue weighted by molar-refractivity contribution is 5.81. The number of aromatic nitrogens is 2. The number of benzene rings is 2. The van der Waals surface area contributed by atoms with Gasteiger partial charge in [-0.2, -0.15) is 0 Å². The number of methoxy groups -OCH3 is 1. The Morgan fingerprint density at radius 2 is 2.00 bits per heavy atom. The van der Waals surface area contributed by atoms with Crippen LogP contribution in [-0.2, 0) is 11.3 Å². The van der Waals surface area contributed by atoms with E-state index in [0.717, 1.165) is 17.7 Å². The first-order valence-electron chi connectivity index (χ1n) is 7.71. The number of fused-ring (bicyclic) bond motifs is 1. The smallest absolute Gasteiger partial charge is 0.240 e. The molecule has 25 heavy (non-hydrogen) atoms. The molecule has 130 valence electrons. The van der Waals surface area contributed by atoms with Gasteiger partial charge < -0.3 is 14.6 Å². The van der Waals surface area contributed by atoms with E-state index in [-0.39, 0.29) is 18.5 Å². The van der Waals surface area contributed by atoms with Gasteiger partial charge in [-0.15, -0.1) is 0 Å². The van der Waals surface area contributed by atoms with Crippen molar-refractivity contribution >= 4 is 16.9 Å². The number of amides is 1. The highest BCUT2D eigenvalue weighted by Crippen LogP contribution is 2.24. The number of para-hydroxylation sites is 1. The summed E-state index contributed by atoms with van der Waals surface area (Å²) in [5.74, 6) is -1.53. The van der Waals surface area contributed by atoms with Crippen molar-refractivity contribution < 1.29 is 18.3 Å². The fourth-order valence-electron chi connectivity index (χ4n) is 2.72. The molecular formula is C18H17F2N3O2. The zero-order valence-corrected chi connectivity index (χ0v) is 13.8. The largest absolute Gasteiger partial charge is 0.496 e. The predicted molar refractivity (Wildman–Crippen MR) is 89.2 cm³/mol. The summed E-state index contributed by atoms with van der Waals surface area (Å²) in [6.07, 6.45) is 1.39. The molecule has 1 aromatic heterocycles. The average molecular weight is 345 g/mol. The van der Waals surface area contributed by atoms with Crippen LogP contribution in [0.25, 0.3) is 11.0 Å². The Labute approximate surface area is 143 Å². The van der Waals surface area contributed by atoms with Crippen molar-refractivity contribution in [1.29, 1.82) is 0 Å². The molecule has 1 amide bonds. The Balaban J connectivity index is 1.76. The third kappa shape index (κ3) is 3.45. The number of hydrogen-bond acceptors (Lipinski definition) is 3. The monoisotopic (exact) mass is 345 g/mol. The fourth-order valence-corrected chi connectivity index (χ4v) is 2.72. The minimum absolute atomic E-state index is 0.0545. The summed E-state index contributed by atoms with van der Waals surface area (Å²) in [4.78, 5) is 16.3. The van der Waals surface area contributed by atoms with E-state index >= 15 is 0 Å². The van der Waals surface area contributed by atoms with E-state index in [2.05, 4.69) is 10.3 Å². The number of hydrogen-bond donors (Lipinski definition) is 1. The van der Waals surface area contributed by atoms with Crippen molar-refractivity contribution in [3.8, 4) is 5.75 Å². The summed E-state index contributed by atoms with van der Waals surface area (Å²) in [5, 5.41) is 2.86. The Morgan fingerprint density at radius 3 is 2.76 bits per heavy atom. The summed E-state index contributed by atoms with van der Waals surface area (Å²) in [5.41, 5.74) is 1.51. The molecule has 7 heteroatoms. The Kier molecular flexibility index (Phi) is 4.65. The van der Waals surface area contributed by atoms with E-state index in [9.17, 15) is 13.6 Å². The Hall–Kier alpha value is -2.96. The van der Waals surface area contributed by atoms with E-state index in [0.29, 0.717) is 16.8 Å². The number of nitrogens with one attached hydrogen (secondary N) is 1. The molecule has 1 heterocycles. The molecule has 0 aliphatic carbocycles. The predicted octanol–water partition coefficient (Wildman–Crippen LogP) is 3.20. The quantitative estimate of drug-likeness (QED) is 0.773. The van der Waals surface area contributed by atoms with Crippen LogP contribution in [0.3, 0.4) is 0 Å². The average Bonchev–Trinajstić information content (AvgIpc) is 2.96. The molecule has 1 atom stereocenters. The van der Waals surface area contributed by atoms with Crippen molar-refractivity contribution in [2.45, 2.75) is 19.5 Å². The van der Waals surface area contributed by atoms with Crippen LogP contribution in [0.1, 0.15) is 18.5 Å². The molecule has 0 saturated heterocycles. The molecule has 0 fully saturated rings. The zero-order valence-electron chi connectivity index (χ0n) is 13.8. The first kappa shape index (κ1) is 16.9. The fraction of sp³-hybridized carbons (Fsp3) is 0.222. The van der Waals surface area contributed by atoms with Gasteiger partial charge in [0.2, 0.25) is 5.91 Å². The molecule has 2 aromatic carbocycles. The number of halogens is 2. The van der Waals surface area contributed by atoms with Crippen molar-refractivity contribution in [2.75, 3.05) is 7.11 Å². The molecule has 5 nitrogen and oxygen atoms in total. The molecule has 0 saturated carbocycles. The maximum absolute atomic E-state index is 13.4. The molecule has 0 bridgehead atoms. The normalized spacial score (nSPS) is 12.2. The van der Waals surface area contributed by atoms with Crippen molar-refractivity contribution in [3.05, 3.63) is 59.9 Å². The van der Waals surface area contributed by atoms with Crippen molar-refractivity contribution in [2.24, 2.45) is 0 Å². The standard InChI is InChI=1S/C18H17F2N3O2/c1-11(12-5-3-4-6-17(12)25-2)22-18(24)9-23-10-21-15-7-13(19)14(20)8-16(15)23/h3-8,10-11H,9H2,1-2H3,(H,22,24)/t11-/m1/s1. The highest BCUT2D eigenvalue weighted by Gasteiger charge is 2.15. The lowest BCUT2D eigenvalue weighted by molar-refractivity contribution is -0.122. The van der Waals surface area contributed by atoms with Crippen LogP contribution in [0.15, 0.2) is 42.7 Å². The van der Waals surface area contributed by atoms with Gasteiger partial charge in [0.25, 0.3) is 0 Å². The molecule has 1 N–H and O–H groups in total. The van der Waals surface area contributed by atoms with E-state index in [4.69, 9.17) is 4.74 Å². The van der Waals surface area contributed by atoms with Crippen molar-refractivity contribution in [3.63, 3.8) is 0 Å². The molecule has 0 aliphatic heterocycles. The van der Waals surface area contributed by atoms with E-state index in [1.165, 1.54) is 10.9 Å². The minimum atomic E-state index is -0.975. The van der Waals surface area contributed by atoms with Crippen LogP contribution in [0.2, 0.25) is 0 Å². The Bertz CT molecular complexity index is 924. The number of nitrogens with zero attached hydrogens (tertiary/aromatic N) is 2. The van der Waals surface area contributed by atoms with Gasteiger partial charge >= 0.3 is 0 Å². The second-order valence-electron chi connectivity index (χ2n) is 5.66. The van der Waals surface area contributed by atoms with Crippen LogP contribution >= 0.6 is 0 Å². The van der Waals surface area contributed by atoms with Gasteiger partial charge in [-0.05, 0) is 13.0 Å². The lowest BCUT2D eigenvalue weighted by atomic mass is 10.1. The maximum Gasteiger partial charge on any atom is 0.240 e. The van der Waals surface area contributed by atoms with Gasteiger partial charge in [-0.1, -0.05) is 18.2 Å². The Morgan fingerprint density at radius 1 is 1.28 bits per heavy atom. The first-order valence-corrected chi connectivity index (χ1v) is 7.71. The second-order valence-corrected chi connectivity index (χ2v) is 5.66. The molecule has 0 aliphatic rings. The van der Waals surface area contributed by atoms with Crippen LogP contribution in [-0.4, -0.2) is 22.6 Å². The van der Waals surface area contributed by atoms with Crippen molar-refractivity contribution in [1.82, 2.24) is 14.9 Å². The van der Waals surface area contributed by atoms with Gasteiger partial charge in [-0.25, -0.2) is 13.8 Å². The maximum atomic E-state index is 13.4. The number of carbonyl (C=O) groups is 1. The number of rotatable bonds is 5. The summed E-state index contributed by atoms with van der Waals surface area (Å²) in [6.45, 7) is 1.79. The third-order valence-corrected chi connectivity index (χ3v) is 3.96. The molecule has 0 spiro atoms. The summed E-state index contributed by atoms with van der Waals surface area (Å²) in [7, 11) is 1.57. The first-order chi connectivity index (χ1) is 12.0. The SMILES string of the molecule is COc1ccccc1[C@@H](C)NC(=O)Cn1cnc2cc(F)c(F)cc21. The van der Waals surface area contributed by atoms with Gasteiger partial charge in [0.1, 0.15) is 12.3 Å². The summed E-state index contributed by atoms with van der Waals surface area (Å²) in [6, 6.07) is 9.18. The van der Waals surface area contributed by atoms with E-state index in [1.54, 1.807) is 7.11 Å². The minimum Gasteiger partial charge on any atom is -0.496 e. The second kappa shape index (κ2) is 6.88. The van der Waals surface area contributed by atoms with Crippen LogP contribution in [0, 0.1) is 11.6 Å². The van der Waals surface area contributed by atoms with Crippen LogP contribution in [0.4, 0.5) is 8.78 Å². The summed E-state index contributed by atoms with van der Waals surface area (Å²) < 4.78 is 33.4.